The predicted molar refractivity (Wildman–Crippen MR) is 64.6 cm³/mol. The van der Waals surface area contributed by atoms with E-state index in [0.717, 1.165) is 6.07 Å². The zero-order chi connectivity index (χ0) is 14.7. The molecule has 0 aliphatic heterocycles. The number of nitrogens with one attached hydrogen (secondary N) is 1. The molecule has 6 heteroatoms. The van der Waals surface area contributed by atoms with Gasteiger partial charge in [0.15, 0.2) is 0 Å². The molecule has 1 aromatic rings. The molecule has 1 rings (SSSR count). The zero-order valence-corrected chi connectivity index (χ0v) is 10.7. The van der Waals surface area contributed by atoms with Crippen LogP contribution in [0.1, 0.15) is 25.0 Å². The summed E-state index contributed by atoms with van der Waals surface area (Å²) in [6.07, 6.45) is -4.51. The summed E-state index contributed by atoms with van der Waals surface area (Å²) >= 11 is 0. The van der Waals surface area contributed by atoms with Gasteiger partial charge in [0.05, 0.1) is 17.6 Å². The molecule has 0 saturated heterocycles. The SMILES string of the molecule is CC(C)(C(=O)NCCO)c1ccccc1C(F)(F)F. The van der Waals surface area contributed by atoms with Crippen molar-refractivity contribution < 1.29 is 23.1 Å². The van der Waals surface area contributed by atoms with E-state index in [1.165, 1.54) is 32.0 Å². The first-order valence-electron chi connectivity index (χ1n) is 5.77. The number of carbonyl (C=O) groups excluding carboxylic acids is 1. The maximum absolute atomic E-state index is 12.9. The number of alkyl halides is 3. The maximum atomic E-state index is 12.9. The maximum Gasteiger partial charge on any atom is 0.416 e. The number of halogens is 3. The van der Waals surface area contributed by atoms with Crippen molar-refractivity contribution in [1.29, 1.82) is 0 Å². The van der Waals surface area contributed by atoms with E-state index in [0.29, 0.717) is 0 Å². The molecule has 0 saturated carbocycles. The number of benzene rings is 1. The monoisotopic (exact) mass is 275 g/mol. The summed E-state index contributed by atoms with van der Waals surface area (Å²) in [4.78, 5) is 11.9. The van der Waals surface area contributed by atoms with Crippen LogP contribution in [0.15, 0.2) is 24.3 Å². The van der Waals surface area contributed by atoms with Gasteiger partial charge in [-0.05, 0) is 25.5 Å². The number of hydrogen-bond acceptors (Lipinski definition) is 2. The van der Waals surface area contributed by atoms with E-state index in [-0.39, 0.29) is 18.7 Å². The Labute approximate surface area is 109 Å². The van der Waals surface area contributed by atoms with Crippen LogP contribution in [-0.4, -0.2) is 24.2 Å². The summed E-state index contributed by atoms with van der Waals surface area (Å²) in [5.41, 5.74) is -2.24. The van der Waals surface area contributed by atoms with Crippen LogP contribution in [0.25, 0.3) is 0 Å². The lowest BCUT2D eigenvalue weighted by Gasteiger charge is -2.27. The fourth-order valence-corrected chi connectivity index (χ4v) is 1.79. The smallest absolute Gasteiger partial charge is 0.395 e. The first-order valence-corrected chi connectivity index (χ1v) is 5.77. The van der Waals surface area contributed by atoms with Crippen LogP contribution in [0, 0.1) is 0 Å². The van der Waals surface area contributed by atoms with E-state index in [2.05, 4.69) is 5.32 Å². The summed E-state index contributed by atoms with van der Waals surface area (Å²) < 4.78 is 38.8. The van der Waals surface area contributed by atoms with Crippen LogP contribution in [0.3, 0.4) is 0 Å². The van der Waals surface area contributed by atoms with Crippen LogP contribution in [0.2, 0.25) is 0 Å². The molecule has 0 unspecified atom stereocenters. The number of rotatable bonds is 4. The number of hydrogen-bond donors (Lipinski definition) is 2. The van der Waals surface area contributed by atoms with E-state index in [9.17, 15) is 18.0 Å². The fraction of sp³-hybridized carbons (Fsp3) is 0.462. The minimum absolute atomic E-state index is 0.0104. The Bertz CT molecular complexity index is 455. The molecule has 2 N–H and O–H groups in total. The van der Waals surface area contributed by atoms with Crippen LogP contribution >= 0.6 is 0 Å². The van der Waals surface area contributed by atoms with Gasteiger partial charge in [0.1, 0.15) is 0 Å². The molecule has 106 valence electrons. The minimum atomic E-state index is -4.51. The lowest BCUT2D eigenvalue weighted by molar-refractivity contribution is -0.139. The van der Waals surface area contributed by atoms with Gasteiger partial charge in [0, 0.05) is 6.54 Å². The second kappa shape index (κ2) is 5.61. The molecule has 0 atom stereocenters. The van der Waals surface area contributed by atoms with Crippen molar-refractivity contribution in [1.82, 2.24) is 5.32 Å². The van der Waals surface area contributed by atoms with Crippen LogP contribution in [-0.2, 0) is 16.4 Å². The lowest BCUT2D eigenvalue weighted by Crippen LogP contribution is -2.42. The Balaban J connectivity index is 3.18. The second-order valence-corrected chi connectivity index (χ2v) is 4.65. The van der Waals surface area contributed by atoms with Crippen LogP contribution < -0.4 is 5.32 Å². The molecule has 1 amide bonds. The van der Waals surface area contributed by atoms with E-state index >= 15 is 0 Å². The molecule has 0 aliphatic rings. The normalized spacial score (nSPS) is 12.3. The Morgan fingerprint density at radius 2 is 1.74 bits per heavy atom. The topological polar surface area (TPSA) is 49.3 Å². The van der Waals surface area contributed by atoms with Gasteiger partial charge in [-0.1, -0.05) is 18.2 Å². The Kier molecular flexibility index (Phi) is 4.57. The van der Waals surface area contributed by atoms with Crippen molar-refractivity contribution in [3.63, 3.8) is 0 Å². The summed E-state index contributed by atoms with van der Waals surface area (Å²) in [6, 6.07) is 5.00. The lowest BCUT2D eigenvalue weighted by atomic mass is 9.80. The number of aliphatic hydroxyl groups is 1. The molecule has 0 radical (unpaired) electrons. The Morgan fingerprint density at radius 3 is 2.21 bits per heavy atom. The molecule has 0 heterocycles. The highest BCUT2D eigenvalue weighted by atomic mass is 19.4. The summed E-state index contributed by atoms with van der Waals surface area (Å²) in [7, 11) is 0. The minimum Gasteiger partial charge on any atom is -0.395 e. The third-order valence-electron chi connectivity index (χ3n) is 2.87. The molecule has 0 aromatic heterocycles. The number of amides is 1. The van der Waals surface area contributed by atoms with Crippen molar-refractivity contribution in [2.24, 2.45) is 0 Å². The van der Waals surface area contributed by atoms with E-state index in [1.807, 2.05) is 0 Å². The molecule has 0 bridgehead atoms. The molecular formula is C13H16F3NO2. The molecule has 0 aliphatic carbocycles. The third-order valence-corrected chi connectivity index (χ3v) is 2.87. The van der Waals surface area contributed by atoms with E-state index in [4.69, 9.17) is 5.11 Å². The molecule has 0 spiro atoms. The average Bonchev–Trinajstić information content (AvgIpc) is 2.34. The van der Waals surface area contributed by atoms with Gasteiger partial charge in [-0.25, -0.2) is 0 Å². The summed E-state index contributed by atoms with van der Waals surface area (Å²) in [5, 5.41) is 11.0. The average molecular weight is 275 g/mol. The van der Waals surface area contributed by atoms with Crippen LogP contribution in [0.4, 0.5) is 13.2 Å². The van der Waals surface area contributed by atoms with Gasteiger partial charge in [0.25, 0.3) is 0 Å². The number of aliphatic hydroxyl groups excluding tert-OH is 1. The zero-order valence-electron chi connectivity index (χ0n) is 10.7. The highest BCUT2D eigenvalue weighted by molar-refractivity contribution is 5.87. The predicted octanol–water partition coefficient (Wildman–Crippen LogP) is 2.09. The highest BCUT2D eigenvalue weighted by Crippen LogP contribution is 2.37. The van der Waals surface area contributed by atoms with Crippen molar-refractivity contribution in [2.45, 2.75) is 25.4 Å². The Morgan fingerprint density at radius 1 is 1.21 bits per heavy atom. The van der Waals surface area contributed by atoms with Gasteiger partial charge >= 0.3 is 6.18 Å². The first-order chi connectivity index (χ1) is 8.71. The van der Waals surface area contributed by atoms with Gasteiger partial charge in [-0.3, -0.25) is 4.79 Å². The number of carbonyl (C=O) groups is 1. The van der Waals surface area contributed by atoms with Crippen molar-refractivity contribution >= 4 is 5.91 Å². The fourth-order valence-electron chi connectivity index (χ4n) is 1.79. The van der Waals surface area contributed by atoms with Gasteiger partial charge in [-0.2, -0.15) is 13.2 Å². The standard InChI is InChI=1S/C13H16F3NO2/c1-12(2,11(19)17-7-8-18)9-5-3-4-6-10(9)13(14,15)16/h3-6,18H,7-8H2,1-2H3,(H,17,19). The molecule has 19 heavy (non-hydrogen) atoms. The summed E-state index contributed by atoms with van der Waals surface area (Å²) in [5.74, 6) is -0.557. The van der Waals surface area contributed by atoms with E-state index in [1.54, 1.807) is 0 Å². The molecule has 1 aromatic carbocycles. The first kappa shape index (κ1) is 15.5. The van der Waals surface area contributed by atoms with Crippen LogP contribution in [0.5, 0.6) is 0 Å². The van der Waals surface area contributed by atoms with Gasteiger partial charge in [0.2, 0.25) is 5.91 Å². The van der Waals surface area contributed by atoms with Gasteiger partial charge < -0.3 is 10.4 Å². The quantitative estimate of drug-likeness (QED) is 0.884. The highest BCUT2D eigenvalue weighted by Gasteiger charge is 2.40. The van der Waals surface area contributed by atoms with Gasteiger partial charge in [-0.15, -0.1) is 0 Å². The summed E-state index contributed by atoms with van der Waals surface area (Å²) in [6.45, 7) is 2.59. The molecular weight excluding hydrogens is 259 g/mol. The Hall–Kier alpha value is -1.56. The molecule has 3 nitrogen and oxygen atoms in total. The van der Waals surface area contributed by atoms with Crippen molar-refractivity contribution in [3.8, 4) is 0 Å². The van der Waals surface area contributed by atoms with Crippen molar-refractivity contribution in [3.05, 3.63) is 35.4 Å². The van der Waals surface area contributed by atoms with Crippen molar-refractivity contribution in [2.75, 3.05) is 13.2 Å². The molecule has 0 fully saturated rings. The second-order valence-electron chi connectivity index (χ2n) is 4.65. The largest absolute Gasteiger partial charge is 0.416 e. The van der Waals surface area contributed by atoms with E-state index < -0.39 is 23.1 Å². The third kappa shape index (κ3) is 3.47.